The van der Waals surface area contributed by atoms with E-state index in [2.05, 4.69) is 55.6 Å². The molecule has 33 heavy (non-hydrogen) atoms. The predicted octanol–water partition coefficient (Wildman–Crippen LogP) is 9.59. The highest BCUT2D eigenvalue weighted by molar-refractivity contribution is 5.87. The second-order valence-corrected chi connectivity index (χ2v) is 9.74. The van der Waals surface area contributed by atoms with E-state index in [1.54, 1.807) is 0 Å². The van der Waals surface area contributed by atoms with Crippen LogP contribution >= 0.6 is 0 Å². The molecule has 2 aromatic rings. The van der Waals surface area contributed by atoms with Crippen molar-refractivity contribution < 1.29 is 4.74 Å². The lowest BCUT2D eigenvalue weighted by molar-refractivity contribution is 0.306. The van der Waals surface area contributed by atoms with Crippen molar-refractivity contribution in [1.82, 2.24) is 5.32 Å². The Labute approximate surface area is 204 Å². The molecule has 0 amide bonds. The fraction of sp³-hybridized carbons (Fsp3) is 0.677. The van der Waals surface area contributed by atoms with Crippen LogP contribution in [0.5, 0.6) is 5.75 Å². The molecule has 0 heterocycles. The number of rotatable bonds is 21. The van der Waals surface area contributed by atoms with Crippen LogP contribution in [-0.2, 0) is 6.54 Å². The van der Waals surface area contributed by atoms with Gasteiger partial charge >= 0.3 is 0 Å². The van der Waals surface area contributed by atoms with Crippen LogP contribution in [0.4, 0.5) is 0 Å². The lowest BCUT2D eigenvalue weighted by Gasteiger charge is -2.15. The van der Waals surface area contributed by atoms with Crippen molar-refractivity contribution in [2.75, 3.05) is 13.2 Å². The number of hydrogen-bond acceptors (Lipinski definition) is 2. The van der Waals surface area contributed by atoms with Crippen molar-refractivity contribution >= 4 is 10.8 Å². The van der Waals surface area contributed by atoms with E-state index in [1.165, 1.54) is 113 Å². The van der Waals surface area contributed by atoms with E-state index in [0.29, 0.717) is 0 Å². The fourth-order valence-corrected chi connectivity index (χ4v) is 4.62. The van der Waals surface area contributed by atoms with Gasteiger partial charge in [0.1, 0.15) is 5.75 Å². The van der Waals surface area contributed by atoms with Crippen LogP contribution in [-0.4, -0.2) is 13.2 Å². The van der Waals surface area contributed by atoms with Crippen molar-refractivity contribution in [1.29, 1.82) is 0 Å². The van der Waals surface area contributed by atoms with E-state index >= 15 is 0 Å². The molecule has 0 spiro atoms. The maximum absolute atomic E-state index is 6.13. The van der Waals surface area contributed by atoms with Crippen LogP contribution in [0.1, 0.15) is 122 Å². The number of nitrogens with one attached hydrogen (secondary N) is 1. The molecule has 0 aliphatic carbocycles. The first-order chi connectivity index (χ1) is 16.4. The number of fused-ring (bicyclic) bond motifs is 1. The van der Waals surface area contributed by atoms with Gasteiger partial charge in [0.15, 0.2) is 0 Å². The Bertz CT molecular complexity index is 726. The van der Waals surface area contributed by atoms with Gasteiger partial charge in [-0.3, -0.25) is 0 Å². The van der Waals surface area contributed by atoms with Crippen LogP contribution in [0.2, 0.25) is 0 Å². The van der Waals surface area contributed by atoms with Gasteiger partial charge in [-0.05, 0) is 36.2 Å². The van der Waals surface area contributed by atoms with E-state index in [9.17, 15) is 0 Å². The summed E-state index contributed by atoms with van der Waals surface area (Å²) in [5.74, 6) is 1.05. The summed E-state index contributed by atoms with van der Waals surface area (Å²) in [5, 5.41) is 6.31. The summed E-state index contributed by atoms with van der Waals surface area (Å²) in [4.78, 5) is 0. The normalized spacial score (nSPS) is 11.3. The minimum Gasteiger partial charge on any atom is -0.493 e. The number of hydrogen-bond donors (Lipinski definition) is 1. The summed E-state index contributed by atoms with van der Waals surface area (Å²) in [6.45, 7) is 7.30. The third kappa shape index (κ3) is 11.9. The van der Waals surface area contributed by atoms with Crippen LogP contribution < -0.4 is 10.1 Å². The van der Waals surface area contributed by atoms with E-state index in [0.717, 1.165) is 31.9 Å². The maximum Gasteiger partial charge on any atom is 0.124 e. The van der Waals surface area contributed by atoms with Crippen LogP contribution in [0, 0.1) is 0 Å². The van der Waals surface area contributed by atoms with Crippen molar-refractivity contribution in [3.63, 3.8) is 0 Å². The average molecular weight is 454 g/mol. The lowest BCUT2D eigenvalue weighted by atomic mass is 10.0. The maximum atomic E-state index is 6.13. The zero-order valence-electron chi connectivity index (χ0n) is 21.8. The highest BCUT2D eigenvalue weighted by Crippen LogP contribution is 2.28. The Kier molecular flexibility index (Phi) is 15.8. The van der Waals surface area contributed by atoms with Crippen molar-refractivity contribution in [2.45, 2.75) is 123 Å². The van der Waals surface area contributed by atoms with Gasteiger partial charge in [0.2, 0.25) is 0 Å². The predicted molar refractivity (Wildman–Crippen MR) is 146 cm³/mol. The quantitative estimate of drug-likeness (QED) is 0.190. The van der Waals surface area contributed by atoms with E-state index < -0.39 is 0 Å². The summed E-state index contributed by atoms with van der Waals surface area (Å²) < 4.78 is 6.13. The molecule has 0 fully saturated rings. The Morgan fingerprint density at radius 1 is 0.606 bits per heavy atom. The van der Waals surface area contributed by atoms with Gasteiger partial charge in [-0.1, -0.05) is 134 Å². The third-order valence-electron chi connectivity index (χ3n) is 6.76. The first-order valence-corrected chi connectivity index (χ1v) is 14.2. The standard InChI is InChI=1S/C31H51NO/c1-3-5-7-8-9-10-11-12-13-14-15-16-17-20-25-32-27-30-29-22-19-18-21-28(29)23-24-31(30)33-26-6-4-2/h18-19,21-24,32H,3-17,20,25-27H2,1-2H3. The Hall–Kier alpha value is -1.54. The second kappa shape index (κ2) is 18.8. The molecule has 2 heteroatoms. The van der Waals surface area contributed by atoms with Gasteiger partial charge in [-0.2, -0.15) is 0 Å². The fourth-order valence-electron chi connectivity index (χ4n) is 4.62. The largest absolute Gasteiger partial charge is 0.493 e. The molecule has 0 aliphatic heterocycles. The highest BCUT2D eigenvalue weighted by Gasteiger charge is 2.08. The van der Waals surface area contributed by atoms with E-state index in [1.807, 2.05) is 0 Å². The van der Waals surface area contributed by atoms with Gasteiger partial charge in [0, 0.05) is 12.1 Å². The molecule has 2 aromatic carbocycles. The summed E-state index contributed by atoms with van der Waals surface area (Å²) in [5.41, 5.74) is 1.31. The number of unbranched alkanes of at least 4 members (excludes halogenated alkanes) is 14. The minimum atomic E-state index is 0.806. The Morgan fingerprint density at radius 3 is 1.82 bits per heavy atom. The first-order valence-electron chi connectivity index (χ1n) is 14.2. The summed E-state index contributed by atoms with van der Waals surface area (Å²) in [6, 6.07) is 13.0. The molecule has 2 rings (SSSR count). The van der Waals surface area contributed by atoms with Crippen LogP contribution in [0.15, 0.2) is 36.4 Å². The van der Waals surface area contributed by atoms with Crippen LogP contribution in [0.25, 0.3) is 10.8 Å². The molecule has 0 unspecified atom stereocenters. The average Bonchev–Trinajstić information content (AvgIpc) is 2.84. The van der Waals surface area contributed by atoms with Gasteiger partial charge < -0.3 is 10.1 Å². The summed E-state index contributed by atoms with van der Waals surface area (Å²) in [6.07, 6.45) is 22.1. The molecule has 0 aromatic heterocycles. The molecule has 0 radical (unpaired) electrons. The molecular weight excluding hydrogens is 402 g/mol. The Morgan fingerprint density at radius 2 is 1.18 bits per heavy atom. The van der Waals surface area contributed by atoms with Gasteiger partial charge in [0.25, 0.3) is 0 Å². The number of benzene rings is 2. The van der Waals surface area contributed by atoms with Gasteiger partial charge in [-0.25, -0.2) is 0 Å². The minimum absolute atomic E-state index is 0.806. The first kappa shape index (κ1) is 27.7. The van der Waals surface area contributed by atoms with Crippen molar-refractivity contribution in [3.05, 3.63) is 42.0 Å². The molecule has 1 N–H and O–H groups in total. The second-order valence-electron chi connectivity index (χ2n) is 9.74. The number of ether oxygens (including phenoxy) is 1. The molecule has 2 nitrogen and oxygen atoms in total. The van der Waals surface area contributed by atoms with E-state index in [-0.39, 0.29) is 0 Å². The summed E-state index contributed by atoms with van der Waals surface area (Å²) >= 11 is 0. The summed E-state index contributed by atoms with van der Waals surface area (Å²) in [7, 11) is 0. The molecular formula is C31H51NO. The van der Waals surface area contributed by atoms with Crippen molar-refractivity contribution in [3.8, 4) is 5.75 Å². The zero-order chi connectivity index (χ0) is 23.4. The van der Waals surface area contributed by atoms with E-state index in [4.69, 9.17) is 4.74 Å². The lowest BCUT2D eigenvalue weighted by Crippen LogP contribution is -2.16. The smallest absolute Gasteiger partial charge is 0.124 e. The third-order valence-corrected chi connectivity index (χ3v) is 6.76. The van der Waals surface area contributed by atoms with Gasteiger partial charge in [-0.15, -0.1) is 0 Å². The Balaban J connectivity index is 1.54. The van der Waals surface area contributed by atoms with Gasteiger partial charge in [0.05, 0.1) is 6.61 Å². The molecule has 0 saturated carbocycles. The molecule has 0 aliphatic rings. The molecule has 0 saturated heterocycles. The SMILES string of the molecule is CCCCCCCCCCCCCCCCNCc1c(OCCCC)ccc2ccccc12. The highest BCUT2D eigenvalue weighted by atomic mass is 16.5. The van der Waals surface area contributed by atoms with Crippen molar-refractivity contribution in [2.24, 2.45) is 0 Å². The molecule has 186 valence electrons. The molecule has 0 atom stereocenters. The van der Waals surface area contributed by atoms with Crippen LogP contribution in [0.3, 0.4) is 0 Å². The molecule has 0 bridgehead atoms. The topological polar surface area (TPSA) is 21.3 Å². The zero-order valence-corrected chi connectivity index (χ0v) is 21.8. The monoisotopic (exact) mass is 453 g/mol.